The van der Waals surface area contributed by atoms with Crippen LogP contribution in [0.1, 0.15) is 12.8 Å². The molecule has 0 fully saturated rings. The number of aromatic nitrogens is 2. The Balaban J connectivity index is 0.000000490. The second-order valence-corrected chi connectivity index (χ2v) is 1.14. The van der Waals surface area contributed by atoms with Gasteiger partial charge in [0.1, 0.15) is 0 Å². The summed E-state index contributed by atoms with van der Waals surface area (Å²) in [5, 5.41) is 6.91. The predicted molar refractivity (Wildman–Crippen MR) is 22.5 cm³/mol. The van der Waals surface area contributed by atoms with Gasteiger partial charge in [0.15, 0.2) is 0 Å². The molecule has 0 atom stereocenters. The Kier molecular flexibility index (Phi) is 4.28. The summed E-state index contributed by atoms with van der Waals surface area (Å²) in [6.07, 6.45) is 3.03. The van der Waals surface area contributed by atoms with E-state index in [4.69, 9.17) is 0 Å². The molecule has 1 rings (SSSR count). The van der Waals surface area contributed by atoms with Crippen molar-refractivity contribution in [2.24, 2.45) is 0 Å². The zero-order chi connectivity index (χ0) is 5.11. The van der Waals surface area contributed by atoms with Crippen molar-refractivity contribution < 1.29 is 37.1 Å². The van der Waals surface area contributed by atoms with Crippen LogP contribution in [-0.2, 0) is 39.1 Å². The van der Waals surface area contributed by atoms with Gasteiger partial charge in [0.2, 0.25) is 0 Å². The van der Waals surface area contributed by atoms with Gasteiger partial charge in [-0.2, -0.15) is 0 Å². The molecule has 0 bridgehead atoms. The third kappa shape index (κ3) is 2.01. The Hall–Kier alpha value is 0.244. The zero-order valence-corrected chi connectivity index (χ0v) is 7.43. The van der Waals surface area contributed by atoms with E-state index in [1.807, 2.05) is 6.92 Å². The Morgan fingerprint density at radius 3 is 2.75 bits per heavy atom. The standard InChI is InChI=1S/C4H5N2O.Y/c1-2-4-6-5-3-7-4;/h2H2,1H3;/q-1;. The molecule has 0 aliphatic heterocycles. The van der Waals surface area contributed by atoms with Crippen molar-refractivity contribution in [3.8, 4) is 0 Å². The first kappa shape index (κ1) is 8.24. The molecule has 0 aliphatic carbocycles. The molecule has 1 aromatic heterocycles. The summed E-state index contributed by atoms with van der Waals surface area (Å²) in [6.45, 7) is 1.95. The minimum Gasteiger partial charge on any atom is -0.613 e. The summed E-state index contributed by atoms with van der Waals surface area (Å²) >= 11 is 0. The van der Waals surface area contributed by atoms with Crippen LogP contribution in [0.3, 0.4) is 0 Å². The summed E-state index contributed by atoms with van der Waals surface area (Å²) in [5.74, 6) is 0.639. The van der Waals surface area contributed by atoms with Gasteiger partial charge >= 0.3 is 0 Å². The van der Waals surface area contributed by atoms with E-state index in [9.17, 15) is 0 Å². The summed E-state index contributed by atoms with van der Waals surface area (Å²) in [6, 6.07) is 0. The first-order valence-corrected chi connectivity index (χ1v) is 2.12. The van der Waals surface area contributed by atoms with E-state index in [0.29, 0.717) is 5.89 Å². The van der Waals surface area contributed by atoms with Crippen LogP contribution in [0.15, 0.2) is 4.42 Å². The van der Waals surface area contributed by atoms with E-state index in [0.717, 1.165) is 6.42 Å². The van der Waals surface area contributed by atoms with Crippen molar-refractivity contribution in [2.45, 2.75) is 13.3 Å². The number of nitrogens with zero attached hydrogens (tertiary/aromatic N) is 2. The summed E-state index contributed by atoms with van der Waals surface area (Å²) in [5.41, 5.74) is 0. The van der Waals surface area contributed by atoms with E-state index in [2.05, 4.69) is 21.0 Å². The van der Waals surface area contributed by atoms with Gasteiger partial charge < -0.3 is 4.42 Å². The molecule has 0 spiro atoms. The van der Waals surface area contributed by atoms with Gasteiger partial charge in [-0.15, -0.1) is 0 Å². The minimum atomic E-state index is 0. The van der Waals surface area contributed by atoms with Gasteiger partial charge in [-0.05, 0) is 6.42 Å². The molecule has 1 radical (unpaired) electrons. The van der Waals surface area contributed by atoms with Crippen molar-refractivity contribution in [3.63, 3.8) is 0 Å². The number of hydrogen-bond acceptors (Lipinski definition) is 3. The topological polar surface area (TPSA) is 38.9 Å². The van der Waals surface area contributed by atoms with E-state index >= 15 is 0 Å². The second kappa shape index (κ2) is 4.16. The van der Waals surface area contributed by atoms with E-state index in [-0.39, 0.29) is 32.7 Å². The molecule has 3 nitrogen and oxygen atoms in total. The van der Waals surface area contributed by atoms with Gasteiger partial charge in [-0.3, -0.25) is 0 Å². The first-order valence-electron chi connectivity index (χ1n) is 2.12. The summed E-state index contributed by atoms with van der Waals surface area (Å²) in [7, 11) is 0. The maximum absolute atomic E-state index is 4.64. The average molecular weight is 186 g/mol. The van der Waals surface area contributed by atoms with Gasteiger partial charge in [-0.25, -0.2) is 10.2 Å². The van der Waals surface area contributed by atoms with Crippen molar-refractivity contribution >= 4 is 0 Å². The molecule has 1 heterocycles. The summed E-state index contributed by atoms with van der Waals surface area (Å²) in [4.78, 5) is 0. The van der Waals surface area contributed by atoms with Gasteiger partial charge in [0.05, 0.1) is 12.3 Å². The Morgan fingerprint density at radius 2 is 2.50 bits per heavy atom. The molecular weight excluding hydrogens is 181 g/mol. The van der Waals surface area contributed by atoms with Crippen LogP contribution in [-0.4, -0.2) is 10.2 Å². The molecule has 8 heavy (non-hydrogen) atoms. The van der Waals surface area contributed by atoms with Crippen LogP contribution in [0.5, 0.6) is 0 Å². The molecule has 0 saturated carbocycles. The molecular formula is C4H5N2OY-. The molecule has 0 aliphatic rings. The van der Waals surface area contributed by atoms with Crippen LogP contribution >= 0.6 is 0 Å². The van der Waals surface area contributed by atoms with Crippen LogP contribution in [0.2, 0.25) is 0 Å². The molecule has 0 amide bonds. The predicted octanol–water partition coefficient (Wildman–Crippen LogP) is 0.430. The van der Waals surface area contributed by atoms with E-state index in [1.165, 1.54) is 0 Å². The quantitative estimate of drug-likeness (QED) is 0.597. The van der Waals surface area contributed by atoms with Gasteiger partial charge in [0, 0.05) is 32.7 Å². The van der Waals surface area contributed by atoms with Crippen LogP contribution in [0, 0.1) is 6.39 Å². The summed E-state index contributed by atoms with van der Waals surface area (Å²) < 4.78 is 4.64. The molecule has 4 heteroatoms. The average Bonchev–Trinajstić information content (AvgIpc) is 2.14. The largest absolute Gasteiger partial charge is 0.613 e. The molecule has 41 valence electrons. The molecule has 0 saturated heterocycles. The van der Waals surface area contributed by atoms with Crippen molar-refractivity contribution in [1.82, 2.24) is 10.2 Å². The fraction of sp³-hybridized carbons (Fsp3) is 0.500. The van der Waals surface area contributed by atoms with Gasteiger partial charge in [0.25, 0.3) is 0 Å². The van der Waals surface area contributed by atoms with Crippen LogP contribution < -0.4 is 0 Å². The van der Waals surface area contributed by atoms with E-state index < -0.39 is 0 Å². The zero-order valence-electron chi connectivity index (χ0n) is 4.59. The Morgan fingerprint density at radius 1 is 1.75 bits per heavy atom. The monoisotopic (exact) mass is 186 g/mol. The Bertz CT molecular complexity index is 129. The normalized spacial score (nSPS) is 8.12. The SMILES string of the molecule is CCc1nn[c-]o1.[Y]. The van der Waals surface area contributed by atoms with Crippen molar-refractivity contribution in [1.29, 1.82) is 0 Å². The van der Waals surface area contributed by atoms with E-state index in [1.54, 1.807) is 0 Å². The fourth-order valence-electron chi connectivity index (χ4n) is 0.313. The Labute approximate surface area is 72.7 Å². The first-order chi connectivity index (χ1) is 3.43. The maximum Gasteiger partial charge on any atom is 0.0563 e. The van der Waals surface area contributed by atoms with Crippen LogP contribution in [0.25, 0.3) is 0 Å². The second-order valence-electron chi connectivity index (χ2n) is 1.14. The molecule has 1 aromatic rings. The number of rotatable bonds is 1. The van der Waals surface area contributed by atoms with Crippen molar-refractivity contribution in [2.75, 3.05) is 0 Å². The molecule has 0 unspecified atom stereocenters. The van der Waals surface area contributed by atoms with Gasteiger partial charge in [-0.1, -0.05) is 6.92 Å². The smallest absolute Gasteiger partial charge is 0.0563 e. The maximum atomic E-state index is 4.64. The van der Waals surface area contributed by atoms with Crippen LogP contribution in [0.4, 0.5) is 0 Å². The fourth-order valence-corrected chi connectivity index (χ4v) is 0.313. The third-order valence-corrected chi connectivity index (χ3v) is 0.668. The molecule has 0 aromatic carbocycles. The number of aryl methyl sites for hydroxylation is 1. The van der Waals surface area contributed by atoms with Crippen molar-refractivity contribution in [3.05, 3.63) is 12.3 Å². The molecule has 0 N–H and O–H groups in total. The third-order valence-electron chi connectivity index (χ3n) is 0.668. The minimum absolute atomic E-state index is 0. The number of hydrogen-bond donors (Lipinski definition) is 0.